The Morgan fingerprint density at radius 3 is 2.29 bits per heavy atom. The molecule has 5 rings (SSSR count). The number of pyridine rings is 1. The average Bonchev–Trinajstić information content (AvgIpc) is 3.12. The quantitative estimate of drug-likeness (QED) is 0.597. The van der Waals surface area contributed by atoms with E-state index in [0.29, 0.717) is 23.0 Å². The molecular formula is C22H23N7O2. The SMILES string of the molecule is Nc1cc(N2CC3CCC(C2)O3)nc(-c2ccc(NC(=O)Nc3ccncc3)cc2)n1. The number of benzene rings is 1. The van der Waals surface area contributed by atoms with E-state index >= 15 is 0 Å². The molecule has 3 aromatic rings. The van der Waals surface area contributed by atoms with Gasteiger partial charge >= 0.3 is 6.03 Å². The lowest BCUT2D eigenvalue weighted by Crippen LogP contribution is -2.43. The fraction of sp³-hybridized carbons (Fsp3) is 0.273. The number of hydrogen-bond donors (Lipinski definition) is 3. The number of nitrogens with zero attached hydrogens (tertiary/aromatic N) is 4. The first-order chi connectivity index (χ1) is 15.1. The fourth-order valence-electron chi connectivity index (χ4n) is 3.98. The van der Waals surface area contributed by atoms with Crippen LogP contribution in [0.25, 0.3) is 11.4 Å². The predicted octanol–water partition coefficient (Wildman–Crippen LogP) is 3.13. The molecule has 2 fully saturated rings. The van der Waals surface area contributed by atoms with Crippen molar-refractivity contribution in [3.05, 3.63) is 54.9 Å². The summed E-state index contributed by atoms with van der Waals surface area (Å²) in [6, 6.07) is 12.3. The smallest absolute Gasteiger partial charge is 0.323 e. The highest BCUT2D eigenvalue weighted by Gasteiger charge is 2.34. The minimum Gasteiger partial charge on any atom is -0.384 e. The van der Waals surface area contributed by atoms with E-state index in [4.69, 9.17) is 15.5 Å². The third kappa shape index (κ3) is 4.41. The summed E-state index contributed by atoms with van der Waals surface area (Å²) in [6.07, 6.45) is 5.96. The number of fused-ring (bicyclic) bond motifs is 2. The van der Waals surface area contributed by atoms with Gasteiger partial charge in [0.05, 0.1) is 12.2 Å². The molecule has 0 spiro atoms. The van der Waals surface area contributed by atoms with Crippen LogP contribution in [0, 0.1) is 0 Å². The molecule has 4 heterocycles. The zero-order valence-electron chi connectivity index (χ0n) is 16.9. The van der Waals surface area contributed by atoms with Gasteiger partial charge in [-0.15, -0.1) is 0 Å². The van der Waals surface area contributed by atoms with Crippen molar-refractivity contribution in [1.29, 1.82) is 0 Å². The van der Waals surface area contributed by atoms with Gasteiger partial charge in [-0.2, -0.15) is 0 Å². The molecule has 2 saturated heterocycles. The fourth-order valence-corrected chi connectivity index (χ4v) is 3.98. The van der Waals surface area contributed by atoms with Crippen LogP contribution in [0.4, 0.5) is 27.8 Å². The maximum absolute atomic E-state index is 12.2. The number of rotatable bonds is 4. The standard InChI is InChI=1S/C22H23N7O2/c23-19-11-20(29-12-17-5-6-18(13-29)31-17)28-21(27-19)14-1-3-15(4-2-14)25-22(30)26-16-7-9-24-10-8-16/h1-4,7-11,17-18H,5-6,12-13H2,(H2,23,27,28)(H2,24,25,26,30). The number of aromatic nitrogens is 3. The first kappa shape index (κ1) is 19.3. The van der Waals surface area contributed by atoms with Gasteiger partial charge in [0.25, 0.3) is 0 Å². The molecule has 0 aliphatic carbocycles. The van der Waals surface area contributed by atoms with Gasteiger partial charge in [0, 0.05) is 48.5 Å². The molecule has 0 radical (unpaired) electrons. The van der Waals surface area contributed by atoms with Crippen LogP contribution in [0.15, 0.2) is 54.9 Å². The van der Waals surface area contributed by atoms with Crippen LogP contribution >= 0.6 is 0 Å². The van der Waals surface area contributed by atoms with Crippen LogP contribution in [-0.2, 0) is 4.74 Å². The zero-order valence-corrected chi connectivity index (χ0v) is 16.9. The Morgan fingerprint density at radius 2 is 1.61 bits per heavy atom. The second-order valence-corrected chi connectivity index (χ2v) is 7.73. The second-order valence-electron chi connectivity index (χ2n) is 7.73. The summed E-state index contributed by atoms with van der Waals surface area (Å²) in [6.45, 7) is 1.64. The number of anilines is 4. The first-order valence-corrected chi connectivity index (χ1v) is 10.3. The van der Waals surface area contributed by atoms with Crippen molar-refractivity contribution < 1.29 is 9.53 Å². The van der Waals surface area contributed by atoms with Gasteiger partial charge in [0.1, 0.15) is 11.6 Å². The van der Waals surface area contributed by atoms with Gasteiger partial charge in [-0.05, 0) is 49.2 Å². The first-order valence-electron chi connectivity index (χ1n) is 10.3. The molecule has 2 amide bonds. The number of hydrogen-bond acceptors (Lipinski definition) is 7. The van der Waals surface area contributed by atoms with E-state index in [-0.39, 0.29) is 18.2 Å². The molecule has 1 aromatic carbocycles. The highest BCUT2D eigenvalue weighted by Crippen LogP contribution is 2.30. The Hall–Kier alpha value is -3.72. The lowest BCUT2D eigenvalue weighted by molar-refractivity contribution is 0.0302. The van der Waals surface area contributed by atoms with Crippen molar-refractivity contribution in [3.8, 4) is 11.4 Å². The maximum Gasteiger partial charge on any atom is 0.323 e. The molecule has 31 heavy (non-hydrogen) atoms. The second kappa shape index (κ2) is 8.19. The number of nitrogens with one attached hydrogen (secondary N) is 2. The Kier molecular flexibility index (Phi) is 5.09. The van der Waals surface area contributed by atoms with Crippen molar-refractivity contribution in [2.24, 2.45) is 0 Å². The highest BCUT2D eigenvalue weighted by atomic mass is 16.5. The van der Waals surface area contributed by atoms with Crippen LogP contribution in [0.1, 0.15) is 12.8 Å². The van der Waals surface area contributed by atoms with Gasteiger partial charge < -0.3 is 26.0 Å². The summed E-state index contributed by atoms with van der Waals surface area (Å²) in [7, 11) is 0. The largest absolute Gasteiger partial charge is 0.384 e. The van der Waals surface area contributed by atoms with Crippen molar-refractivity contribution in [1.82, 2.24) is 15.0 Å². The minimum absolute atomic E-state index is 0.266. The molecule has 2 bridgehead atoms. The molecule has 2 aliphatic rings. The molecule has 2 aromatic heterocycles. The Balaban J connectivity index is 1.29. The topological polar surface area (TPSA) is 118 Å². The van der Waals surface area contributed by atoms with Crippen LogP contribution in [0.5, 0.6) is 0 Å². The number of nitrogen functional groups attached to an aromatic ring is 1. The summed E-state index contributed by atoms with van der Waals surface area (Å²) in [5, 5.41) is 5.56. The molecule has 9 heteroatoms. The molecule has 9 nitrogen and oxygen atoms in total. The van der Waals surface area contributed by atoms with Crippen molar-refractivity contribution in [2.45, 2.75) is 25.0 Å². The molecule has 2 atom stereocenters. The van der Waals surface area contributed by atoms with E-state index in [1.807, 2.05) is 30.3 Å². The lowest BCUT2D eigenvalue weighted by Gasteiger charge is -2.33. The van der Waals surface area contributed by atoms with Crippen LogP contribution < -0.4 is 21.3 Å². The van der Waals surface area contributed by atoms with Gasteiger partial charge in [-0.1, -0.05) is 0 Å². The number of carbonyl (C=O) groups is 1. The number of morpholine rings is 1. The summed E-state index contributed by atoms with van der Waals surface area (Å²) in [5.74, 6) is 1.81. The van der Waals surface area contributed by atoms with Crippen LogP contribution in [-0.4, -0.2) is 46.3 Å². The zero-order chi connectivity index (χ0) is 21.2. The molecule has 4 N–H and O–H groups in total. The van der Waals surface area contributed by atoms with Crippen LogP contribution in [0.2, 0.25) is 0 Å². The number of urea groups is 1. The molecular weight excluding hydrogens is 394 g/mol. The summed E-state index contributed by atoms with van der Waals surface area (Å²) in [5.41, 5.74) is 8.23. The van der Waals surface area contributed by atoms with Gasteiger partial charge in [-0.25, -0.2) is 14.8 Å². The Morgan fingerprint density at radius 1 is 0.968 bits per heavy atom. The molecule has 0 saturated carbocycles. The van der Waals surface area contributed by atoms with E-state index < -0.39 is 0 Å². The van der Waals surface area contributed by atoms with Crippen molar-refractivity contribution >= 4 is 29.0 Å². The monoisotopic (exact) mass is 417 g/mol. The van der Waals surface area contributed by atoms with Gasteiger partial charge in [0.2, 0.25) is 0 Å². The van der Waals surface area contributed by atoms with Crippen LogP contribution in [0.3, 0.4) is 0 Å². The van der Waals surface area contributed by atoms with Gasteiger partial charge in [0.15, 0.2) is 5.82 Å². The van der Waals surface area contributed by atoms with E-state index in [9.17, 15) is 4.79 Å². The maximum atomic E-state index is 12.2. The summed E-state index contributed by atoms with van der Waals surface area (Å²) < 4.78 is 5.92. The number of amides is 2. The Bertz CT molecular complexity index is 1060. The van der Waals surface area contributed by atoms with Crippen molar-refractivity contribution in [2.75, 3.05) is 34.4 Å². The van der Waals surface area contributed by atoms with E-state index in [1.54, 1.807) is 24.5 Å². The van der Waals surface area contributed by atoms with E-state index in [0.717, 1.165) is 37.3 Å². The van der Waals surface area contributed by atoms with E-state index in [1.165, 1.54) is 0 Å². The lowest BCUT2D eigenvalue weighted by atomic mass is 10.2. The number of nitrogens with two attached hydrogens (primary N) is 1. The number of ether oxygens (including phenoxy) is 1. The number of carbonyl (C=O) groups excluding carboxylic acids is 1. The third-order valence-corrected chi connectivity index (χ3v) is 5.44. The van der Waals surface area contributed by atoms with Gasteiger partial charge in [-0.3, -0.25) is 4.98 Å². The molecule has 158 valence electrons. The molecule has 2 aliphatic heterocycles. The van der Waals surface area contributed by atoms with Crippen molar-refractivity contribution in [3.63, 3.8) is 0 Å². The average molecular weight is 417 g/mol. The highest BCUT2D eigenvalue weighted by molar-refractivity contribution is 5.99. The predicted molar refractivity (Wildman–Crippen MR) is 119 cm³/mol. The third-order valence-electron chi connectivity index (χ3n) is 5.44. The normalized spacial score (nSPS) is 19.8. The molecule has 2 unspecified atom stereocenters. The Labute approximate surface area is 179 Å². The van der Waals surface area contributed by atoms with E-state index in [2.05, 4.69) is 25.5 Å². The minimum atomic E-state index is -0.330. The summed E-state index contributed by atoms with van der Waals surface area (Å²) in [4.78, 5) is 27.5. The summed E-state index contributed by atoms with van der Waals surface area (Å²) >= 11 is 0.